The van der Waals surface area contributed by atoms with Gasteiger partial charge in [0.1, 0.15) is 0 Å². The van der Waals surface area contributed by atoms with E-state index in [4.69, 9.17) is 9.15 Å². The van der Waals surface area contributed by atoms with Gasteiger partial charge in [-0.25, -0.2) is 17.9 Å². The molecule has 9 heteroatoms. The maximum atomic E-state index is 13.0. The summed E-state index contributed by atoms with van der Waals surface area (Å²) in [6.45, 7) is 0.770. The maximum absolute atomic E-state index is 13.0. The van der Waals surface area contributed by atoms with E-state index in [-0.39, 0.29) is 22.4 Å². The van der Waals surface area contributed by atoms with Crippen LogP contribution in [0.4, 0.5) is 0 Å². The Labute approximate surface area is 178 Å². The summed E-state index contributed by atoms with van der Waals surface area (Å²) in [4.78, 5) is 16.1. The molecule has 2 aromatic heterocycles. The fourth-order valence-corrected chi connectivity index (χ4v) is 5.40. The van der Waals surface area contributed by atoms with Crippen molar-refractivity contribution in [3.05, 3.63) is 70.8 Å². The lowest BCUT2D eigenvalue weighted by atomic mass is 9.93. The molecule has 0 saturated carbocycles. The van der Waals surface area contributed by atoms with Crippen LogP contribution in [0.25, 0.3) is 22.0 Å². The average Bonchev–Trinajstić information content (AvgIpc) is 3.31. The molecule has 1 N–H and O–H groups in total. The summed E-state index contributed by atoms with van der Waals surface area (Å²) in [6, 6.07) is 13.9. The second kappa shape index (κ2) is 7.60. The highest BCUT2D eigenvalue weighted by atomic mass is 32.2. The Morgan fingerprint density at radius 2 is 2.00 bits per heavy atom. The molecule has 1 aliphatic heterocycles. The quantitative estimate of drug-likeness (QED) is 0.511. The van der Waals surface area contributed by atoms with Crippen molar-refractivity contribution in [1.82, 2.24) is 14.3 Å². The van der Waals surface area contributed by atoms with Gasteiger partial charge in [0.15, 0.2) is 5.58 Å². The van der Waals surface area contributed by atoms with E-state index in [9.17, 15) is 13.2 Å². The number of sulfonamides is 1. The summed E-state index contributed by atoms with van der Waals surface area (Å²) < 4.78 is 40.9. The molecular weight excluding hydrogens is 418 g/mol. The minimum absolute atomic E-state index is 0.0148. The molecule has 4 aromatic rings. The van der Waals surface area contributed by atoms with Crippen molar-refractivity contribution in [3.63, 3.8) is 0 Å². The molecule has 0 bridgehead atoms. The van der Waals surface area contributed by atoms with Gasteiger partial charge in [0, 0.05) is 30.6 Å². The summed E-state index contributed by atoms with van der Waals surface area (Å²) in [6.07, 6.45) is 2.44. The third-order valence-corrected chi connectivity index (χ3v) is 7.29. The van der Waals surface area contributed by atoms with Crippen LogP contribution in [-0.4, -0.2) is 37.2 Å². The van der Waals surface area contributed by atoms with E-state index in [0.29, 0.717) is 25.2 Å². The van der Waals surface area contributed by atoms with Crippen molar-refractivity contribution >= 4 is 32.0 Å². The van der Waals surface area contributed by atoms with Crippen molar-refractivity contribution in [3.8, 4) is 0 Å². The fourth-order valence-electron chi connectivity index (χ4n) is 4.09. The first-order valence-corrected chi connectivity index (χ1v) is 11.4. The topological polar surface area (TPSA) is 103 Å². The molecule has 0 aliphatic carbocycles. The van der Waals surface area contributed by atoms with E-state index in [1.165, 1.54) is 16.7 Å². The van der Waals surface area contributed by atoms with Crippen LogP contribution in [-0.2, 0) is 28.2 Å². The highest BCUT2D eigenvalue weighted by molar-refractivity contribution is 7.89. The van der Waals surface area contributed by atoms with Gasteiger partial charge in [-0.05, 0) is 36.2 Å². The lowest BCUT2D eigenvalue weighted by Gasteiger charge is -2.20. The second-order valence-corrected chi connectivity index (χ2v) is 9.49. The third kappa shape index (κ3) is 3.65. The van der Waals surface area contributed by atoms with Gasteiger partial charge in [0.2, 0.25) is 10.0 Å². The molecule has 1 saturated heterocycles. The van der Waals surface area contributed by atoms with E-state index in [1.54, 1.807) is 19.3 Å². The highest BCUT2D eigenvalue weighted by Gasteiger charge is 2.33. The second-order valence-electron chi connectivity index (χ2n) is 7.77. The van der Waals surface area contributed by atoms with Gasteiger partial charge in [0.05, 0.1) is 35.2 Å². The summed E-state index contributed by atoms with van der Waals surface area (Å²) in [5.74, 6) is -0.551. The number of aromatic nitrogens is 2. The molecule has 1 fully saturated rings. The molecule has 31 heavy (non-hydrogen) atoms. The first-order valence-electron chi connectivity index (χ1n) is 9.95. The number of nitrogens with zero attached hydrogens (tertiary/aromatic N) is 2. The lowest BCUT2D eigenvalue weighted by molar-refractivity contribution is 0.183. The number of benzene rings is 2. The van der Waals surface area contributed by atoms with E-state index in [0.717, 1.165) is 16.5 Å². The van der Waals surface area contributed by atoms with Crippen molar-refractivity contribution in [1.29, 1.82) is 0 Å². The molecule has 8 nitrogen and oxygen atoms in total. The van der Waals surface area contributed by atoms with Gasteiger partial charge in [-0.2, -0.15) is 0 Å². The van der Waals surface area contributed by atoms with Crippen molar-refractivity contribution in [2.75, 3.05) is 13.2 Å². The van der Waals surface area contributed by atoms with Crippen LogP contribution >= 0.6 is 0 Å². The Hall–Kier alpha value is -3.01. The van der Waals surface area contributed by atoms with Crippen LogP contribution in [0.15, 0.2) is 68.8 Å². The number of pyridine rings is 1. The Balaban J connectivity index is 1.40. The predicted octanol–water partition coefficient (Wildman–Crippen LogP) is 2.22. The molecule has 160 valence electrons. The van der Waals surface area contributed by atoms with Crippen molar-refractivity contribution in [2.24, 2.45) is 13.0 Å². The summed E-state index contributed by atoms with van der Waals surface area (Å²) in [7, 11) is -2.25. The molecule has 0 unspecified atom stereocenters. The Bertz CT molecular complexity index is 1440. The zero-order valence-electron chi connectivity index (χ0n) is 16.8. The smallest absolute Gasteiger partial charge is 0.408 e. The molecule has 3 heterocycles. The molecule has 2 atom stereocenters. The Morgan fingerprint density at radius 1 is 1.16 bits per heavy atom. The zero-order chi connectivity index (χ0) is 21.6. The molecule has 5 rings (SSSR count). The average molecular weight is 439 g/mol. The maximum Gasteiger partial charge on any atom is 0.419 e. The molecule has 2 aromatic carbocycles. The van der Waals surface area contributed by atoms with Crippen molar-refractivity contribution in [2.45, 2.75) is 17.4 Å². The SMILES string of the molecule is Cn1c(=O)oc2cc(S(=O)(=O)N[C@@H]3COC[C@H]3Cc3ccnc4ccccc34)ccc21. The number of rotatable bonds is 5. The van der Waals surface area contributed by atoms with Gasteiger partial charge in [-0.1, -0.05) is 18.2 Å². The van der Waals surface area contributed by atoms with E-state index >= 15 is 0 Å². The number of hydrogen-bond acceptors (Lipinski definition) is 6. The number of para-hydroxylation sites is 1. The number of nitrogens with one attached hydrogen (secondary N) is 1. The summed E-state index contributed by atoms with van der Waals surface area (Å²) in [5.41, 5.74) is 2.79. The molecule has 0 radical (unpaired) electrons. The fraction of sp³-hybridized carbons (Fsp3) is 0.273. The predicted molar refractivity (Wildman–Crippen MR) is 115 cm³/mol. The number of ether oxygens (including phenoxy) is 1. The largest absolute Gasteiger partial charge is 0.419 e. The van der Waals surface area contributed by atoms with Crippen LogP contribution in [0.2, 0.25) is 0 Å². The van der Waals surface area contributed by atoms with E-state index < -0.39 is 15.8 Å². The van der Waals surface area contributed by atoms with Gasteiger partial charge in [-0.15, -0.1) is 0 Å². The van der Waals surface area contributed by atoms with Crippen LogP contribution < -0.4 is 10.5 Å². The summed E-state index contributed by atoms with van der Waals surface area (Å²) in [5, 5.41) is 1.06. The Kier molecular flexibility index (Phi) is 4.88. The van der Waals surface area contributed by atoms with Gasteiger partial charge in [-0.3, -0.25) is 9.55 Å². The summed E-state index contributed by atoms with van der Waals surface area (Å²) >= 11 is 0. The first kappa shape index (κ1) is 19.9. The Morgan fingerprint density at radius 3 is 2.87 bits per heavy atom. The third-order valence-electron chi connectivity index (χ3n) is 5.80. The molecule has 0 amide bonds. The van der Waals surface area contributed by atoms with E-state index in [2.05, 4.69) is 9.71 Å². The molecule has 1 aliphatic rings. The van der Waals surface area contributed by atoms with Gasteiger partial charge in [0.25, 0.3) is 0 Å². The molecule has 0 spiro atoms. The van der Waals surface area contributed by atoms with Crippen molar-refractivity contribution < 1.29 is 17.6 Å². The minimum Gasteiger partial charge on any atom is -0.408 e. The van der Waals surface area contributed by atoms with Crippen LogP contribution in [0.1, 0.15) is 5.56 Å². The van der Waals surface area contributed by atoms with Gasteiger partial charge < -0.3 is 9.15 Å². The van der Waals surface area contributed by atoms with Gasteiger partial charge >= 0.3 is 5.76 Å². The number of hydrogen-bond donors (Lipinski definition) is 1. The first-order chi connectivity index (χ1) is 14.9. The number of fused-ring (bicyclic) bond motifs is 2. The highest BCUT2D eigenvalue weighted by Crippen LogP contribution is 2.26. The van der Waals surface area contributed by atoms with Crippen LogP contribution in [0.3, 0.4) is 0 Å². The van der Waals surface area contributed by atoms with Crippen LogP contribution in [0.5, 0.6) is 0 Å². The van der Waals surface area contributed by atoms with Crippen LogP contribution in [0, 0.1) is 5.92 Å². The minimum atomic E-state index is -3.82. The number of oxazole rings is 1. The van der Waals surface area contributed by atoms with E-state index in [1.807, 2.05) is 30.3 Å². The zero-order valence-corrected chi connectivity index (χ0v) is 17.6. The molecular formula is C22H21N3O5S. The normalized spacial score (nSPS) is 19.4. The standard InChI is InChI=1S/C22H21N3O5S/c1-25-20-7-6-16(11-21(20)30-22(25)26)31(27,28)24-19-13-29-12-15(19)10-14-8-9-23-18-5-3-2-4-17(14)18/h2-9,11,15,19,24H,10,12-13H2,1H3/t15-,19-/m1/s1. The lowest BCUT2D eigenvalue weighted by Crippen LogP contribution is -2.40. The number of aryl methyl sites for hydroxylation is 1. The monoisotopic (exact) mass is 439 g/mol.